The Morgan fingerprint density at radius 3 is 2.56 bits per heavy atom. The van der Waals surface area contributed by atoms with Gasteiger partial charge in [0.15, 0.2) is 0 Å². The first kappa shape index (κ1) is 18.9. The number of hydrogen-bond donors (Lipinski definition) is 2. The number of carbonyl (C=O) groups is 2. The van der Waals surface area contributed by atoms with Crippen molar-refractivity contribution in [2.45, 2.75) is 5.16 Å². The number of halogens is 1. The Bertz CT molecular complexity index is 960. The lowest BCUT2D eigenvalue weighted by Gasteiger charge is -2.11. The van der Waals surface area contributed by atoms with Crippen LogP contribution in [0.25, 0.3) is 0 Å². The zero-order chi connectivity index (χ0) is 19.2. The van der Waals surface area contributed by atoms with Crippen LogP contribution in [0.3, 0.4) is 0 Å². The van der Waals surface area contributed by atoms with Gasteiger partial charge in [0.2, 0.25) is 11.1 Å². The van der Waals surface area contributed by atoms with Crippen LogP contribution in [-0.4, -0.2) is 37.8 Å². The molecule has 0 atom stereocenters. The fraction of sp³-hybridized carbons (Fsp3) is 0.118. The quantitative estimate of drug-likeness (QED) is 0.615. The standard InChI is InChI=1S/C17H15ClN6O2S/c1-24-17(21-22-23-24)27-10-15(25)20-14-5-3-2-4-13(14)16(26)19-12-8-6-11(18)7-9-12/h2-9H,10H2,1H3,(H,19,26)(H,20,25). The lowest BCUT2D eigenvalue weighted by molar-refractivity contribution is -0.113. The van der Waals surface area contributed by atoms with Crippen LogP contribution < -0.4 is 10.6 Å². The lowest BCUT2D eigenvalue weighted by atomic mass is 10.1. The number of amides is 2. The molecule has 2 amide bonds. The van der Waals surface area contributed by atoms with Crippen LogP contribution in [0, 0.1) is 0 Å². The molecule has 0 spiro atoms. The number of nitrogens with one attached hydrogen (secondary N) is 2. The number of tetrazole rings is 1. The van der Waals surface area contributed by atoms with Crippen LogP contribution >= 0.6 is 23.4 Å². The average Bonchev–Trinajstić information content (AvgIpc) is 3.07. The monoisotopic (exact) mass is 402 g/mol. The summed E-state index contributed by atoms with van der Waals surface area (Å²) in [5.41, 5.74) is 1.38. The highest BCUT2D eigenvalue weighted by atomic mass is 35.5. The van der Waals surface area contributed by atoms with Gasteiger partial charge in [-0.1, -0.05) is 35.5 Å². The summed E-state index contributed by atoms with van der Waals surface area (Å²) < 4.78 is 1.48. The van der Waals surface area contributed by atoms with E-state index in [2.05, 4.69) is 26.2 Å². The number of aryl methyl sites for hydroxylation is 1. The fourth-order valence-corrected chi connectivity index (χ4v) is 2.96. The Hall–Kier alpha value is -2.91. The number of hydrogen-bond acceptors (Lipinski definition) is 6. The van der Waals surface area contributed by atoms with E-state index in [1.165, 1.54) is 16.4 Å². The zero-order valence-electron chi connectivity index (χ0n) is 14.2. The SMILES string of the molecule is Cn1nnnc1SCC(=O)Nc1ccccc1C(=O)Nc1ccc(Cl)cc1. The van der Waals surface area contributed by atoms with E-state index in [1.807, 2.05) is 0 Å². The van der Waals surface area contributed by atoms with Crippen molar-refractivity contribution < 1.29 is 9.59 Å². The van der Waals surface area contributed by atoms with Gasteiger partial charge < -0.3 is 10.6 Å². The Morgan fingerprint density at radius 1 is 1.11 bits per heavy atom. The molecule has 1 heterocycles. The van der Waals surface area contributed by atoms with E-state index in [1.54, 1.807) is 55.6 Å². The van der Waals surface area contributed by atoms with Crippen LogP contribution in [0.1, 0.15) is 10.4 Å². The Kier molecular flexibility index (Phi) is 6.05. The smallest absolute Gasteiger partial charge is 0.257 e. The molecule has 3 aromatic rings. The van der Waals surface area contributed by atoms with Crippen molar-refractivity contribution in [1.29, 1.82) is 0 Å². The van der Waals surface area contributed by atoms with Crippen molar-refractivity contribution in [3.63, 3.8) is 0 Å². The number of para-hydroxylation sites is 1. The Morgan fingerprint density at radius 2 is 1.85 bits per heavy atom. The molecular formula is C17H15ClN6O2S. The highest BCUT2D eigenvalue weighted by molar-refractivity contribution is 7.99. The van der Waals surface area contributed by atoms with Crippen LogP contribution in [0.2, 0.25) is 5.02 Å². The van der Waals surface area contributed by atoms with Crippen molar-refractivity contribution in [2.24, 2.45) is 7.05 Å². The summed E-state index contributed by atoms with van der Waals surface area (Å²) in [5, 5.41) is 17.7. The number of rotatable bonds is 6. The van der Waals surface area contributed by atoms with Crippen molar-refractivity contribution in [3.8, 4) is 0 Å². The van der Waals surface area contributed by atoms with Crippen molar-refractivity contribution in [2.75, 3.05) is 16.4 Å². The minimum absolute atomic E-state index is 0.112. The zero-order valence-corrected chi connectivity index (χ0v) is 15.8. The van der Waals surface area contributed by atoms with Gasteiger partial charge in [0.25, 0.3) is 5.91 Å². The predicted octanol–water partition coefficient (Wildman–Crippen LogP) is 2.85. The van der Waals surface area contributed by atoms with Gasteiger partial charge in [0.1, 0.15) is 0 Å². The molecule has 0 aliphatic heterocycles. The van der Waals surface area contributed by atoms with Crippen LogP contribution in [0.15, 0.2) is 53.7 Å². The molecule has 1 aromatic heterocycles. The summed E-state index contributed by atoms with van der Waals surface area (Å²) in [6, 6.07) is 13.6. The predicted molar refractivity (Wildman–Crippen MR) is 104 cm³/mol. The third-order valence-corrected chi connectivity index (χ3v) is 4.72. The maximum atomic E-state index is 12.6. The van der Waals surface area contributed by atoms with Crippen molar-refractivity contribution in [1.82, 2.24) is 20.2 Å². The molecule has 138 valence electrons. The van der Waals surface area contributed by atoms with Gasteiger partial charge in [0.05, 0.1) is 17.0 Å². The molecule has 0 unspecified atom stereocenters. The van der Waals surface area contributed by atoms with E-state index in [0.717, 1.165) is 0 Å². The fourth-order valence-electron chi connectivity index (χ4n) is 2.18. The molecule has 0 radical (unpaired) electrons. The molecule has 2 N–H and O–H groups in total. The molecule has 2 aromatic carbocycles. The molecule has 27 heavy (non-hydrogen) atoms. The van der Waals surface area contributed by atoms with Crippen molar-refractivity contribution in [3.05, 3.63) is 59.1 Å². The van der Waals surface area contributed by atoms with E-state index < -0.39 is 0 Å². The summed E-state index contributed by atoms with van der Waals surface area (Å²) in [7, 11) is 1.69. The number of anilines is 2. The number of thioether (sulfide) groups is 1. The molecule has 0 saturated carbocycles. The summed E-state index contributed by atoms with van der Waals surface area (Å²) in [6.07, 6.45) is 0. The Labute approximate surface area is 164 Å². The third kappa shape index (κ3) is 5.05. The first-order chi connectivity index (χ1) is 13.0. The van der Waals surface area contributed by atoms with Gasteiger partial charge in [-0.2, -0.15) is 0 Å². The second-order valence-electron chi connectivity index (χ2n) is 5.43. The van der Waals surface area contributed by atoms with E-state index in [-0.39, 0.29) is 17.6 Å². The second-order valence-corrected chi connectivity index (χ2v) is 6.81. The Balaban J connectivity index is 1.66. The number of nitrogens with zero attached hydrogens (tertiary/aromatic N) is 4. The minimum atomic E-state index is -0.335. The minimum Gasteiger partial charge on any atom is -0.325 e. The van der Waals surface area contributed by atoms with Crippen LogP contribution in [-0.2, 0) is 11.8 Å². The van der Waals surface area contributed by atoms with E-state index >= 15 is 0 Å². The van der Waals surface area contributed by atoms with Gasteiger partial charge in [-0.15, -0.1) is 5.10 Å². The average molecular weight is 403 g/mol. The highest BCUT2D eigenvalue weighted by Crippen LogP contribution is 2.20. The molecule has 10 heteroatoms. The number of benzene rings is 2. The second kappa shape index (κ2) is 8.65. The molecule has 0 bridgehead atoms. The number of aromatic nitrogens is 4. The maximum Gasteiger partial charge on any atom is 0.257 e. The lowest BCUT2D eigenvalue weighted by Crippen LogP contribution is -2.19. The summed E-state index contributed by atoms with van der Waals surface area (Å²) in [4.78, 5) is 24.8. The first-order valence-electron chi connectivity index (χ1n) is 7.84. The van der Waals surface area contributed by atoms with E-state index in [9.17, 15) is 9.59 Å². The molecule has 0 saturated heterocycles. The maximum absolute atomic E-state index is 12.6. The van der Waals surface area contributed by atoms with Gasteiger partial charge in [-0.05, 0) is 46.8 Å². The van der Waals surface area contributed by atoms with E-state index in [0.29, 0.717) is 27.1 Å². The molecule has 0 aliphatic carbocycles. The topological polar surface area (TPSA) is 102 Å². The molecule has 8 nitrogen and oxygen atoms in total. The van der Waals surface area contributed by atoms with Gasteiger partial charge >= 0.3 is 0 Å². The normalized spacial score (nSPS) is 10.4. The first-order valence-corrected chi connectivity index (χ1v) is 9.20. The number of carbonyl (C=O) groups excluding carboxylic acids is 2. The summed E-state index contributed by atoms with van der Waals surface area (Å²) in [5.74, 6) is -0.491. The van der Waals surface area contributed by atoms with Gasteiger partial charge in [0, 0.05) is 17.8 Å². The molecule has 0 fully saturated rings. The summed E-state index contributed by atoms with van der Waals surface area (Å²) >= 11 is 7.05. The molecule has 3 rings (SSSR count). The summed E-state index contributed by atoms with van der Waals surface area (Å²) in [6.45, 7) is 0. The van der Waals surface area contributed by atoms with Gasteiger partial charge in [-0.3, -0.25) is 9.59 Å². The molecule has 0 aliphatic rings. The largest absolute Gasteiger partial charge is 0.325 e. The van der Waals surface area contributed by atoms with Crippen LogP contribution in [0.4, 0.5) is 11.4 Å². The van der Waals surface area contributed by atoms with Crippen molar-refractivity contribution >= 4 is 46.6 Å². The van der Waals surface area contributed by atoms with Crippen LogP contribution in [0.5, 0.6) is 0 Å². The third-order valence-electron chi connectivity index (χ3n) is 3.46. The molecular weight excluding hydrogens is 388 g/mol. The van der Waals surface area contributed by atoms with E-state index in [4.69, 9.17) is 11.6 Å². The van der Waals surface area contributed by atoms with Gasteiger partial charge in [-0.25, -0.2) is 4.68 Å². The highest BCUT2D eigenvalue weighted by Gasteiger charge is 2.14.